The van der Waals surface area contributed by atoms with Gasteiger partial charge in [-0.05, 0) is 61.2 Å². The summed E-state index contributed by atoms with van der Waals surface area (Å²) in [6, 6.07) is 10.8. The lowest BCUT2D eigenvalue weighted by atomic mass is 9.88. The molecule has 3 rings (SSSR count). The van der Waals surface area contributed by atoms with Crippen LogP contribution in [0.4, 0.5) is 0 Å². The predicted octanol–water partition coefficient (Wildman–Crippen LogP) is 4.42. The van der Waals surface area contributed by atoms with E-state index in [0.29, 0.717) is 12.0 Å². The van der Waals surface area contributed by atoms with Crippen molar-refractivity contribution in [1.82, 2.24) is 10.3 Å². The number of hydrogen-bond acceptors (Lipinski definition) is 2. The van der Waals surface area contributed by atoms with Crippen molar-refractivity contribution in [3.8, 4) is 0 Å². The summed E-state index contributed by atoms with van der Waals surface area (Å²) < 4.78 is 0. The van der Waals surface area contributed by atoms with Crippen LogP contribution in [0.2, 0.25) is 5.02 Å². The van der Waals surface area contributed by atoms with Crippen LogP contribution in [0.15, 0.2) is 36.5 Å². The number of fused-ring (bicyclic) bond motifs is 1. The molecule has 0 saturated carbocycles. The Hall–Kier alpha value is -1.38. The molecule has 0 saturated heterocycles. The van der Waals surface area contributed by atoms with Gasteiger partial charge in [0, 0.05) is 28.9 Å². The van der Waals surface area contributed by atoms with E-state index in [4.69, 9.17) is 11.6 Å². The third-order valence-corrected chi connectivity index (χ3v) is 4.63. The number of halogens is 1. The van der Waals surface area contributed by atoms with Gasteiger partial charge >= 0.3 is 0 Å². The zero-order chi connectivity index (χ0) is 14.8. The quantitative estimate of drug-likeness (QED) is 0.904. The molecule has 1 N–H and O–H groups in total. The van der Waals surface area contributed by atoms with Crippen molar-refractivity contribution in [2.45, 2.75) is 38.6 Å². The third kappa shape index (κ3) is 2.83. The van der Waals surface area contributed by atoms with Crippen LogP contribution in [-0.2, 0) is 6.42 Å². The molecule has 1 aromatic heterocycles. The number of nitrogens with zero attached hydrogens (tertiary/aromatic N) is 1. The average molecular weight is 301 g/mol. The maximum absolute atomic E-state index is 6.11. The van der Waals surface area contributed by atoms with E-state index in [1.54, 1.807) is 0 Å². The molecule has 3 heteroatoms. The van der Waals surface area contributed by atoms with E-state index in [-0.39, 0.29) is 0 Å². The zero-order valence-corrected chi connectivity index (χ0v) is 13.3. The van der Waals surface area contributed by atoms with E-state index >= 15 is 0 Å². The van der Waals surface area contributed by atoms with Gasteiger partial charge in [0.1, 0.15) is 0 Å². The molecule has 21 heavy (non-hydrogen) atoms. The molecule has 1 heterocycles. The molecular formula is C18H21ClN2. The molecule has 1 aliphatic carbocycles. The van der Waals surface area contributed by atoms with Gasteiger partial charge in [-0.25, -0.2) is 0 Å². The summed E-state index contributed by atoms with van der Waals surface area (Å²) in [6.45, 7) is 5.25. The number of aromatic nitrogens is 1. The SMILES string of the molecule is CCNC(c1ccc(Cl)cc1C)C1CCc2cccnc21. The molecule has 2 atom stereocenters. The van der Waals surface area contributed by atoms with Gasteiger partial charge in [-0.2, -0.15) is 0 Å². The minimum absolute atomic E-state index is 0.309. The number of hydrogen-bond donors (Lipinski definition) is 1. The predicted molar refractivity (Wildman–Crippen MR) is 87.9 cm³/mol. The zero-order valence-electron chi connectivity index (χ0n) is 12.6. The Morgan fingerprint density at radius 1 is 1.38 bits per heavy atom. The highest BCUT2D eigenvalue weighted by molar-refractivity contribution is 6.30. The van der Waals surface area contributed by atoms with Gasteiger partial charge in [0.05, 0.1) is 0 Å². The van der Waals surface area contributed by atoms with Gasteiger partial charge in [0.25, 0.3) is 0 Å². The average Bonchev–Trinajstić information content (AvgIpc) is 2.89. The van der Waals surface area contributed by atoms with Crippen LogP contribution in [0, 0.1) is 6.92 Å². The minimum atomic E-state index is 0.309. The Bertz CT molecular complexity index is 639. The Morgan fingerprint density at radius 3 is 3.00 bits per heavy atom. The smallest absolute Gasteiger partial charge is 0.0485 e. The van der Waals surface area contributed by atoms with Gasteiger partial charge in [-0.15, -0.1) is 0 Å². The van der Waals surface area contributed by atoms with Gasteiger partial charge in [0.2, 0.25) is 0 Å². The van der Waals surface area contributed by atoms with Crippen molar-refractivity contribution in [2.24, 2.45) is 0 Å². The molecule has 0 fully saturated rings. The van der Waals surface area contributed by atoms with Crippen LogP contribution in [0.25, 0.3) is 0 Å². The lowest BCUT2D eigenvalue weighted by Gasteiger charge is -2.26. The second-order valence-corrected chi connectivity index (χ2v) is 6.17. The normalized spacial score (nSPS) is 18.5. The van der Waals surface area contributed by atoms with Gasteiger partial charge < -0.3 is 5.32 Å². The van der Waals surface area contributed by atoms with Crippen molar-refractivity contribution in [3.05, 3.63) is 63.9 Å². The molecule has 0 radical (unpaired) electrons. The van der Waals surface area contributed by atoms with Crippen molar-refractivity contribution in [3.63, 3.8) is 0 Å². The Labute approximate surface area is 131 Å². The molecule has 0 bridgehead atoms. The van der Waals surface area contributed by atoms with E-state index in [0.717, 1.165) is 24.4 Å². The van der Waals surface area contributed by atoms with Crippen LogP contribution < -0.4 is 5.32 Å². The highest BCUT2D eigenvalue weighted by Gasteiger charge is 2.32. The summed E-state index contributed by atoms with van der Waals surface area (Å²) >= 11 is 6.11. The summed E-state index contributed by atoms with van der Waals surface area (Å²) in [5.74, 6) is 0.445. The fraction of sp³-hybridized carbons (Fsp3) is 0.389. The molecule has 2 unspecified atom stereocenters. The maximum atomic E-state index is 6.11. The van der Waals surface area contributed by atoms with Crippen LogP contribution >= 0.6 is 11.6 Å². The molecular weight excluding hydrogens is 280 g/mol. The van der Waals surface area contributed by atoms with Gasteiger partial charge in [-0.1, -0.05) is 30.7 Å². The minimum Gasteiger partial charge on any atom is -0.310 e. The van der Waals surface area contributed by atoms with E-state index in [1.807, 2.05) is 18.3 Å². The topological polar surface area (TPSA) is 24.9 Å². The Balaban J connectivity index is 1.99. The maximum Gasteiger partial charge on any atom is 0.0485 e. The van der Waals surface area contributed by atoms with Crippen molar-refractivity contribution >= 4 is 11.6 Å². The highest BCUT2D eigenvalue weighted by atomic mass is 35.5. The van der Waals surface area contributed by atoms with Gasteiger partial charge in [0.15, 0.2) is 0 Å². The number of benzene rings is 1. The molecule has 2 aromatic rings. The number of pyridine rings is 1. The first-order chi connectivity index (χ1) is 10.2. The fourth-order valence-corrected chi connectivity index (χ4v) is 3.67. The van der Waals surface area contributed by atoms with Crippen LogP contribution in [-0.4, -0.2) is 11.5 Å². The number of nitrogens with one attached hydrogen (secondary N) is 1. The van der Waals surface area contributed by atoms with E-state index < -0.39 is 0 Å². The summed E-state index contributed by atoms with van der Waals surface area (Å²) in [6.07, 6.45) is 4.20. The molecule has 2 nitrogen and oxygen atoms in total. The van der Waals surface area contributed by atoms with E-state index in [9.17, 15) is 0 Å². The molecule has 0 amide bonds. The third-order valence-electron chi connectivity index (χ3n) is 4.40. The number of rotatable bonds is 4. The molecule has 0 aliphatic heterocycles. The van der Waals surface area contributed by atoms with Crippen molar-refractivity contribution < 1.29 is 0 Å². The fourth-order valence-electron chi connectivity index (χ4n) is 3.45. The number of aryl methyl sites for hydroxylation is 2. The van der Waals surface area contributed by atoms with Crippen LogP contribution in [0.3, 0.4) is 0 Å². The molecule has 0 spiro atoms. The van der Waals surface area contributed by atoms with Crippen molar-refractivity contribution in [1.29, 1.82) is 0 Å². The molecule has 110 valence electrons. The summed E-state index contributed by atoms with van der Waals surface area (Å²) in [5.41, 5.74) is 5.25. The highest BCUT2D eigenvalue weighted by Crippen LogP contribution is 2.41. The standard InChI is InChI=1S/C18H21ClN2/c1-3-20-18(15-9-7-14(19)11-12(15)2)16-8-6-13-5-4-10-21-17(13)16/h4-5,7,9-11,16,18,20H,3,6,8H2,1-2H3. The second-order valence-electron chi connectivity index (χ2n) is 5.73. The monoisotopic (exact) mass is 300 g/mol. The lowest BCUT2D eigenvalue weighted by molar-refractivity contribution is 0.446. The van der Waals surface area contributed by atoms with Gasteiger partial charge in [-0.3, -0.25) is 4.98 Å². The Morgan fingerprint density at radius 2 is 2.24 bits per heavy atom. The molecule has 1 aromatic carbocycles. The lowest BCUT2D eigenvalue weighted by Crippen LogP contribution is -2.27. The second kappa shape index (κ2) is 6.17. The first-order valence-corrected chi connectivity index (χ1v) is 8.01. The largest absolute Gasteiger partial charge is 0.310 e. The number of likely N-dealkylation sites (N-methyl/N-ethyl adjacent to an activating group) is 1. The van der Waals surface area contributed by atoms with E-state index in [2.05, 4.69) is 42.3 Å². The summed E-state index contributed by atoms with van der Waals surface area (Å²) in [5, 5.41) is 4.46. The first-order valence-electron chi connectivity index (χ1n) is 7.64. The van der Waals surface area contributed by atoms with E-state index in [1.165, 1.54) is 22.4 Å². The van der Waals surface area contributed by atoms with Crippen molar-refractivity contribution in [2.75, 3.05) is 6.54 Å². The Kier molecular flexibility index (Phi) is 4.27. The van der Waals surface area contributed by atoms with Crippen LogP contribution in [0.1, 0.15) is 47.7 Å². The molecule has 1 aliphatic rings. The first kappa shape index (κ1) is 14.6. The summed E-state index contributed by atoms with van der Waals surface area (Å²) in [4.78, 5) is 4.65. The van der Waals surface area contributed by atoms with Crippen LogP contribution in [0.5, 0.6) is 0 Å². The summed E-state index contributed by atoms with van der Waals surface area (Å²) in [7, 11) is 0.